The summed E-state index contributed by atoms with van der Waals surface area (Å²) in [6.07, 6.45) is 2.61. The number of carbonyl (C=O) groups is 5. The van der Waals surface area contributed by atoms with Crippen molar-refractivity contribution in [2.45, 2.75) is 62.3 Å². The number of carboxylic acid groups (broad SMARTS) is 1. The number of hydrogen-bond acceptors (Lipinski definition) is 11. The monoisotopic (exact) mass is 591 g/mol. The minimum absolute atomic E-state index is 0.00551. The van der Waals surface area contributed by atoms with E-state index in [2.05, 4.69) is 20.7 Å². The fourth-order valence-corrected chi connectivity index (χ4v) is 5.53. The van der Waals surface area contributed by atoms with Crippen LogP contribution >= 0.6 is 11.8 Å². The number of aliphatic carboxylic acids is 1. The summed E-state index contributed by atoms with van der Waals surface area (Å²) in [7, 11) is 0. The van der Waals surface area contributed by atoms with Crippen LogP contribution in [0.5, 0.6) is 0 Å². The number of unbranched alkanes of at least 4 members (excludes halogenated alkanes) is 1. The first-order valence-electron chi connectivity index (χ1n) is 13.6. The molecule has 4 N–H and O–H groups in total. The summed E-state index contributed by atoms with van der Waals surface area (Å²) < 4.78 is 25.7. The molecule has 2 fully saturated rings. The van der Waals surface area contributed by atoms with Crippen LogP contribution in [0.15, 0.2) is 0 Å². The molecule has 0 aromatic heterocycles. The van der Waals surface area contributed by atoms with Gasteiger partial charge in [0.05, 0.1) is 71.0 Å². The smallest absolute Gasteiger partial charge is 0.315 e. The first kappa shape index (κ1) is 33.6. The van der Waals surface area contributed by atoms with E-state index in [-0.39, 0.29) is 63.1 Å². The van der Waals surface area contributed by atoms with E-state index in [4.69, 9.17) is 24.1 Å². The molecule has 228 valence electrons. The highest BCUT2D eigenvalue weighted by Crippen LogP contribution is 2.33. The predicted molar refractivity (Wildman–Crippen MR) is 143 cm³/mol. The van der Waals surface area contributed by atoms with Gasteiger partial charge in [-0.25, -0.2) is 4.79 Å². The van der Waals surface area contributed by atoms with Crippen molar-refractivity contribution in [3.63, 3.8) is 0 Å². The van der Waals surface area contributed by atoms with Gasteiger partial charge in [0.15, 0.2) is 0 Å². The van der Waals surface area contributed by atoms with Gasteiger partial charge in [-0.15, -0.1) is 0 Å². The number of carbonyl (C=O) groups excluding carboxylic acids is 4. The average Bonchev–Trinajstić information content (AvgIpc) is 3.47. The highest BCUT2D eigenvalue weighted by molar-refractivity contribution is 8.00. The molecule has 2 saturated heterocycles. The Balaban J connectivity index is 1.27. The van der Waals surface area contributed by atoms with Crippen molar-refractivity contribution in [3.05, 3.63) is 0 Å². The highest BCUT2D eigenvalue weighted by atomic mass is 32.2. The summed E-state index contributed by atoms with van der Waals surface area (Å²) in [6, 6.07) is 0.355. The van der Waals surface area contributed by atoms with E-state index in [1.54, 1.807) is 0 Å². The minimum Gasteiger partial charge on any atom is -0.481 e. The molecular weight excluding hydrogens is 550 g/mol. The molecule has 40 heavy (non-hydrogen) atoms. The zero-order valence-electron chi connectivity index (χ0n) is 22.7. The van der Waals surface area contributed by atoms with E-state index >= 15 is 0 Å². The van der Waals surface area contributed by atoms with Crippen LogP contribution in [0.1, 0.15) is 44.9 Å². The number of nitrogens with one attached hydrogen (secondary N) is 3. The van der Waals surface area contributed by atoms with E-state index in [1.807, 2.05) is 11.8 Å². The van der Waals surface area contributed by atoms with Crippen molar-refractivity contribution in [3.8, 4) is 0 Å². The van der Waals surface area contributed by atoms with E-state index in [0.29, 0.717) is 51.2 Å². The van der Waals surface area contributed by atoms with Crippen molar-refractivity contribution in [2.24, 2.45) is 0 Å². The molecule has 0 aromatic rings. The predicted octanol–water partition coefficient (Wildman–Crippen LogP) is 0.220. The van der Waals surface area contributed by atoms with Gasteiger partial charge < -0.3 is 44.7 Å². The van der Waals surface area contributed by atoms with E-state index in [0.717, 1.165) is 25.0 Å². The molecule has 15 heteroatoms. The fraction of sp³-hybridized carbons (Fsp3) is 0.800. The topological polar surface area (TPSA) is 188 Å². The largest absolute Gasteiger partial charge is 0.481 e. The van der Waals surface area contributed by atoms with Crippen molar-refractivity contribution >= 4 is 41.6 Å². The van der Waals surface area contributed by atoms with Crippen LogP contribution in [0, 0.1) is 0 Å². The summed E-state index contributed by atoms with van der Waals surface area (Å²) in [5.74, 6) is -1.35. The number of amides is 3. The van der Waals surface area contributed by atoms with Gasteiger partial charge in [-0.2, -0.15) is 11.8 Å². The van der Waals surface area contributed by atoms with E-state index in [1.165, 1.54) is 0 Å². The molecule has 0 aromatic carbocycles. The fourth-order valence-electron chi connectivity index (χ4n) is 3.98. The zero-order chi connectivity index (χ0) is 29.0. The Bertz CT molecular complexity index is 817. The molecule has 2 heterocycles. The molecule has 1 unspecified atom stereocenters. The third-order valence-corrected chi connectivity index (χ3v) is 7.50. The lowest BCUT2D eigenvalue weighted by atomic mass is 10.0. The van der Waals surface area contributed by atoms with Gasteiger partial charge in [0.2, 0.25) is 5.91 Å². The van der Waals surface area contributed by atoms with Crippen LogP contribution in [0.3, 0.4) is 0 Å². The number of hydrogen-bond donors (Lipinski definition) is 4. The third-order valence-electron chi connectivity index (χ3n) is 6.00. The van der Waals surface area contributed by atoms with Crippen LogP contribution in [-0.4, -0.2) is 117 Å². The van der Waals surface area contributed by atoms with Crippen LogP contribution < -0.4 is 16.0 Å². The molecule has 0 bridgehead atoms. The highest BCUT2D eigenvalue weighted by Gasteiger charge is 2.42. The number of urea groups is 1. The quantitative estimate of drug-likeness (QED) is 0.0720. The van der Waals surface area contributed by atoms with Crippen molar-refractivity contribution in [1.82, 2.24) is 16.0 Å². The summed E-state index contributed by atoms with van der Waals surface area (Å²) >= 11 is 1.88. The Labute approximate surface area is 237 Å². The lowest BCUT2D eigenvalue weighted by Gasteiger charge is -2.16. The molecule has 14 nitrogen and oxygen atoms in total. The Morgan fingerprint density at radius 3 is 2.10 bits per heavy atom. The van der Waals surface area contributed by atoms with Gasteiger partial charge >= 0.3 is 23.9 Å². The van der Waals surface area contributed by atoms with Crippen LogP contribution in [-0.2, 0) is 42.9 Å². The lowest BCUT2D eigenvalue weighted by Crippen LogP contribution is -2.36. The van der Waals surface area contributed by atoms with Crippen molar-refractivity contribution < 1.29 is 52.8 Å². The van der Waals surface area contributed by atoms with Gasteiger partial charge in [0, 0.05) is 24.0 Å². The van der Waals surface area contributed by atoms with Crippen molar-refractivity contribution in [2.75, 3.05) is 65.2 Å². The number of fused-ring (bicyclic) bond motifs is 1. The van der Waals surface area contributed by atoms with E-state index in [9.17, 15) is 24.0 Å². The molecule has 2 aliphatic rings. The summed E-state index contributed by atoms with van der Waals surface area (Å²) in [4.78, 5) is 56.6. The molecule has 3 atom stereocenters. The number of carboxylic acids is 1. The first-order chi connectivity index (χ1) is 19.3. The molecule has 2 aliphatic heterocycles. The first-order valence-corrected chi connectivity index (χ1v) is 14.6. The summed E-state index contributed by atoms with van der Waals surface area (Å²) in [5, 5.41) is 17.6. The minimum atomic E-state index is -1.07. The van der Waals surface area contributed by atoms with E-state index < -0.39 is 17.9 Å². The standard InChI is InChI=1S/C25H41N3O11S/c29-20(4-2-1-3-19-24-18(17-40-19)27-25(34)28-24)26-8-10-35-11-12-36-13-14-37-15-16-39-23(33)6-5-22(32)38-9-7-21(30)31/h18-19,24H,1-17H2,(H,26,29)(H,30,31)(H2,27,28,34)/t18-,19?,24-/m1/s1. The van der Waals surface area contributed by atoms with Gasteiger partial charge in [-0.1, -0.05) is 6.42 Å². The van der Waals surface area contributed by atoms with Crippen LogP contribution in [0.2, 0.25) is 0 Å². The second-order valence-corrected chi connectivity index (χ2v) is 10.4. The van der Waals surface area contributed by atoms with Gasteiger partial charge in [-0.05, 0) is 12.8 Å². The summed E-state index contributed by atoms with van der Waals surface area (Å²) in [5.41, 5.74) is 0. The van der Waals surface area contributed by atoms with Gasteiger partial charge in [0.25, 0.3) is 0 Å². The van der Waals surface area contributed by atoms with Gasteiger partial charge in [0.1, 0.15) is 13.2 Å². The molecule has 0 radical (unpaired) electrons. The average molecular weight is 592 g/mol. The number of thioether (sulfide) groups is 1. The number of esters is 2. The Morgan fingerprint density at radius 1 is 0.800 bits per heavy atom. The SMILES string of the molecule is O=C(O)CCOC(=O)CCC(=O)OCCOCCOCCOCCNC(=O)CCCCC1SC[C@H]2NC(=O)N[C@@H]12. The number of rotatable bonds is 23. The second kappa shape index (κ2) is 20.3. The van der Waals surface area contributed by atoms with Crippen LogP contribution in [0.25, 0.3) is 0 Å². The lowest BCUT2D eigenvalue weighted by molar-refractivity contribution is -0.152. The third kappa shape index (κ3) is 15.2. The van der Waals surface area contributed by atoms with Crippen LogP contribution in [0.4, 0.5) is 4.79 Å². The molecule has 2 rings (SSSR count). The normalized spacial score (nSPS) is 19.4. The maximum atomic E-state index is 12.0. The summed E-state index contributed by atoms with van der Waals surface area (Å²) in [6.45, 7) is 2.26. The zero-order valence-corrected chi connectivity index (χ0v) is 23.5. The molecule has 0 saturated carbocycles. The Kier molecular flexibility index (Phi) is 17.0. The Morgan fingerprint density at radius 2 is 1.43 bits per heavy atom. The molecular formula is C25H41N3O11S. The van der Waals surface area contributed by atoms with Crippen molar-refractivity contribution in [1.29, 1.82) is 0 Å². The molecule has 0 aliphatic carbocycles. The molecule has 0 spiro atoms. The maximum absolute atomic E-state index is 12.0. The molecule has 3 amide bonds. The second-order valence-electron chi connectivity index (χ2n) is 9.14. The maximum Gasteiger partial charge on any atom is 0.315 e. The van der Waals surface area contributed by atoms with Gasteiger partial charge in [-0.3, -0.25) is 19.2 Å². The Hall–Kier alpha value is -2.62. The number of ether oxygens (including phenoxy) is 5.